The topological polar surface area (TPSA) is 67.9 Å². The van der Waals surface area contributed by atoms with Gasteiger partial charge >= 0.3 is 0 Å². The molecule has 0 heterocycles. The highest BCUT2D eigenvalue weighted by molar-refractivity contribution is 6.09. The maximum Gasteiger partial charge on any atom is 0.239 e. The number of nitrogens with zero attached hydrogens (tertiary/aromatic N) is 1. The minimum absolute atomic E-state index is 0.200. The Balaban J connectivity index is 2.87. The predicted molar refractivity (Wildman–Crippen MR) is 94.5 cm³/mol. The number of nitrogens with one attached hydrogen (secondary N) is 1. The van der Waals surface area contributed by atoms with Gasteiger partial charge in [0, 0.05) is 25.3 Å². The van der Waals surface area contributed by atoms with Gasteiger partial charge in [0.25, 0.3) is 0 Å². The lowest BCUT2D eigenvalue weighted by Crippen LogP contribution is -2.46. The number of hydrogen-bond donors (Lipinski definition) is 1. The van der Waals surface area contributed by atoms with Crippen LogP contribution in [0, 0.1) is 5.41 Å². The first-order valence-electron chi connectivity index (χ1n) is 8.07. The highest BCUT2D eigenvalue weighted by atomic mass is 16.5. The van der Waals surface area contributed by atoms with Crippen molar-refractivity contribution in [3.63, 3.8) is 0 Å². The number of carbonyl (C=O) groups excluding carboxylic acids is 2. The molecule has 0 atom stereocenters. The summed E-state index contributed by atoms with van der Waals surface area (Å²) in [6, 6.07) is 5.08. The van der Waals surface area contributed by atoms with Gasteiger partial charge in [-0.15, -0.1) is 0 Å². The lowest BCUT2D eigenvalue weighted by Gasteiger charge is -2.28. The van der Waals surface area contributed by atoms with Gasteiger partial charge in [0.15, 0.2) is 11.5 Å². The number of hydrogen-bond acceptors (Lipinski definition) is 4. The second-order valence-corrected chi connectivity index (χ2v) is 6.23. The van der Waals surface area contributed by atoms with Crippen LogP contribution in [-0.4, -0.2) is 44.5 Å². The third-order valence-corrected chi connectivity index (χ3v) is 3.94. The van der Waals surface area contributed by atoms with Crippen LogP contribution in [0.15, 0.2) is 18.2 Å². The van der Waals surface area contributed by atoms with Crippen LogP contribution in [-0.2, 0) is 9.59 Å². The van der Waals surface area contributed by atoms with E-state index in [9.17, 15) is 9.59 Å². The van der Waals surface area contributed by atoms with E-state index in [1.165, 1.54) is 7.11 Å². The predicted octanol–water partition coefficient (Wildman–Crippen LogP) is 2.93. The zero-order valence-corrected chi connectivity index (χ0v) is 15.4. The molecule has 1 rings (SSSR count). The first-order valence-corrected chi connectivity index (χ1v) is 8.07. The number of carbonyl (C=O) groups is 2. The van der Waals surface area contributed by atoms with Crippen molar-refractivity contribution in [2.75, 3.05) is 33.1 Å². The Hall–Kier alpha value is -2.24. The molecule has 1 aromatic carbocycles. The SMILES string of the molecule is CCCCN(C)C(=O)C(C)(C)C(=O)Nc1ccc(OC)c(OC)c1. The van der Waals surface area contributed by atoms with Crippen LogP contribution < -0.4 is 14.8 Å². The highest BCUT2D eigenvalue weighted by Crippen LogP contribution is 2.30. The van der Waals surface area contributed by atoms with Crippen molar-refractivity contribution in [2.45, 2.75) is 33.6 Å². The van der Waals surface area contributed by atoms with Crippen molar-refractivity contribution >= 4 is 17.5 Å². The zero-order valence-electron chi connectivity index (χ0n) is 15.4. The van der Waals surface area contributed by atoms with Gasteiger partial charge in [-0.05, 0) is 32.4 Å². The Morgan fingerprint density at radius 2 is 1.79 bits per heavy atom. The maximum atomic E-state index is 12.6. The molecule has 134 valence electrons. The Bertz CT molecular complexity index is 584. The molecule has 24 heavy (non-hydrogen) atoms. The minimum Gasteiger partial charge on any atom is -0.493 e. The molecule has 0 fully saturated rings. The first kappa shape index (κ1) is 19.8. The summed E-state index contributed by atoms with van der Waals surface area (Å²) in [7, 11) is 4.80. The molecule has 0 aliphatic rings. The second-order valence-electron chi connectivity index (χ2n) is 6.23. The fraction of sp³-hybridized carbons (Fsp3) is 0.556. The molecular formula is C18H28N2O4. The van der Waals surface area contributed by atoms with Crippen LogP contribution in [0.25, 0.3) is 0 Å². The largest absolute Gasteiger partial charge is 0.493 e. The van der Waals surface area contributed by atoms with Crippen molar-refractivity contribution in [3.8, 4) is 11.5 Å². The van der Waals surface area contributed by atoms with E-state index in [4.69, 9.17) is 9.47 Å². The summed E-state index contributed by atoms with van der Waals surface area (Å²) >= 11 is 0. The van der Waals surface area contributed by atoms with Crippen molar-refractivity contribution in [3.05, 3.63) is 18.2 Å². The molecule has 0 radical (unpaired) electrons. The average molecular weight is 336 g/mol. The van der Waals surface area contributed by atoms with E-state index in [0.29, 0.717) is 23.7 Å². The van der Waals surface area contributed by atoms with Crippen molar-refractivity contribution < 1.29 is 19.1 Å². The molecule has 0 saturated carbocycles. The number of anilines is 1. The summed E-state index contributed by atoms with van der Waals surface area (Å²) in [5.41, 5.74) is -0.606. The summed E-state index contributed by atoms with van der Waals surface area (Å²) in [6.07, 6.45) is 1.91. The third-order valence-electron chi connectivity index (χ3n) is 3.94. The molecule has 1 N–H and O–H groups in total. The third kappa shape index (κ3) is 4.63. The number of benzene rings is 1. The van der Waals surface area contributed by atoms with Crippen molar-refractivity contribution in [1.29, 1.82) is 0 Å². The summed E-state index contributed by atoms with van der Waals surface area (Å²) in [4.78, 5) is 26.7. The number of ether oxygens (including phenoxy) is 2. The van der Waals surface area contributed by atoms with Crippen LogP contribution >= 0.6 is 0 Å². The van der Waals surface area contributed by atoms with Crippen LogP contribution in [0.4, 0.5) is 5.69 Å². The molecule has 6 nitrogen and oxygen atoms in total. The van der Waals surface area contributed by atoms with Crippen molar-refractivity contribution in [2.24, 2.45) is 5.41 Å². The molecule has 0 saturated heterocycles. The fourth-order valence-electron chi connectivity index (χ4n) is 2.27. The van der Waals surface area contributed by atoms with Gasteiger partial charge in [0.05, 0.1) is 14.2 Å². The van der Waals surface area contributed by atoms with Crippen LogP contribution in [0.1, 0.15) is 33.6 Å². The molecule has 0 unspecified atom stereocenters. The van der Waals surface area contributed by atoms with E-state index in [1.807, 2.05) is 0 Å². The molecule has 0 aromatic heterocycles. The summed E-state index contributed by atoms with van der Waals surface area (Å²) in [5.74, 6) is 0.529. The van der Waals surface area contributed by atoms with E-state index < -0.39 is 5.41 Å². The molecule has 0 bridgehead atoms. The van der Waals surface area contributed by atoms with Gasteiger partial charge in [-0.25, -0.2) is 0 Å². The van der Waals surface area contributed by atoms with Crippen molar-refractivity contribution in [1.82, 2.24) is 4.90 Å². The first-order chi connectivity index (χ1) is 11.3. The van der Waals surface area contributed by atoms with Crippen LogP contribution in [0.5, 0.6) is 11.5 Å². The van der Waals surface area contributed by atoms with E-state index in [-0.39, 0.29) is 11.8 Å². The normalized spacial score (nSPS) is 10.9. The second kappa shape index (κ2) is 8.57. The van der Waals surface area contributed by atoms with E-state index in [1.54, 1.807) is 51.1 Å². The number of methoxy groups -OCH3 is 2. The molecule has 2 amide bonds. The van der Waals surface area contributed by atoms with Gasteiger partial charge in [-0.3, -0.25) is 9.59 Å². The lowest BCUT2D eigenvalue weighted by atomic mass is 9.90. The molecular weight excluding hydrogens is 308 g/mol. The summed E-state index contributed by atoms with van der Waals surface area (Å²) < 4.78 is 10.4. The standard InChI is InChI=1S/C18H28N2O4/c1-7-8-11-20(4)17(22)18(2,3)16(21)19-13-9-10-14(23-5)15(12-13)24-6/h9-10,12H,7-8,11H2,1-6H3,(H,19,21). The molecule has 0 aliphatic heterocycles. The Labute approximate surface area is 144 Å². The number of rotatable bonds is 8. The fourth-order valence-corrected chi connectivity index (χ4v) is 2.27. The summed E-state index contributed by atoms with van der Waals surface area (Å²) in [6.45, 7) is 5.97. The Morgan fingerprint density at radius 3 is 2.33 bits per heavy atom. The Morgan fingerprint density at radius 1 is 1.17 bits per heavy atom. The quantitative estimate of drug-likeness (QED) is 0.741. The average Bonchev–Trinajstić information content (AvgIpc) is 2.58. The van der Waals surface area contributed by atoms with E-state index in [2.05, 4.69) is 12.2 Å². The van der Waals surface area contributed by atoms with Gasteiger partial charge in [0.2, 0.25) is 11.8 Å². The summed E-state index contributed by atoms with van der Waals surface area (Å²) in [5, 5.41) is 2.78. The molecule has 1 aromatic rings. The van der Waals surface area contributed by atoms with Gasteiger partial charge in [-0.1, -0.05) is 13.3 Å². The lowest BCUT2D eigenvalue weighted by molar-refractivity contribution is -0.145. The zero-order chi connectivity index (χ0) is 18.3. The van der Waals surface area contributed by atoms with Gasteiger partial charge in [-0.2, -0.15) is 0 Å². The van der Waals surface area contributed by atoms with E-state index >= 15 is 0 Å². The Kier molecular flexibility index (Phi) is 7.07. The maximum absolute atomic E-state index is 12.6. The highest BCUT2D eigenvalue weighted by Gasteiger charge is 2.38. The number of unbranched alkanes of at least 4 members (excludes halogenated alkanes) is 1. The monoisotopic (exact) mass is 336 g/mol. The number of amides is 2. The van der Waals surface area contributed by atoms with Gasteiger partial charge < -0.3 is 19.7 Å². The van der Waals surface area contributed by atoms with Crippen LogP contribution in [0.2, 0.25) is 0 Å². The van der Waals surface area contributed by atoms with E-state index in [0.717, 1.165) is 12.8 Å². The minimum atomic E-state index is -1.16. The smallest absolute Gasteiger partial charge is 0.239 e. The van der Waals surface area contributed by atoms with Gasteiger partial charge in [0.1, 0.15) is 5.41 Å². The van der Waals surface area contributed by atoms with Crippen LogP contribution in [0.3, 0.4) is 0 Å². The molecule has 0 spiro atoms. The molecule has 0 aliphatic carbocycles. The molecule has 6 heteroatoms.